The van der Waals surface area contributed by atoms with Gasteiger partial charge in [0.1, 0.15) is 23.6 Å². The molecule has 2 N–H and O–H groups in total. The lowest BCUT2D eigenvalue weighted by molar-refractivity contribution is 0.0946. The minimum Gasteiger partial charge on any atom is -0.495 e. The molecule has 1 aromatic carbocycles. The molecular weight excluding hydrogens is 330 g/mol. The highest BCUT2D eigenvalue weighted by atomic mass is 35.5. The zero-order chi connectivity index (χ0) is 17.5. The van der Waals surface area contributed by atoms with Gasteiger partial charge in [-0.25, -0.2) is 9.97 Å². The number of carbonyl (C=O) groups is 1. The number of methoxy groups -OCH3 is 1. The van der Waals surface area contributed by atoms with E-state index in [4.69, 9.17) is 16.3 Å². The van der Waals surface area contributed by atoms with Crippen molar-refractivity contribution < 1.29 is 9.53 Å². The first-order valence-corrected chi connectivity index (χ1v) is 7.73. The molecule has 1 amide bonds. The number of likely N-dealkylation sites (N-methyl/N-ethyl adjacent to an activating group) is 1. The van der Waals surface area contributed by atoms with Crippen molar-refractivity contribution in [3.05, 3.63) is 41.3 Å². The summed E-state index contributed by atoms with van der Waals surface area (Å²) >= 11 is 6.09. The maximum Gasteiger partial charge on any atom is 0.270 e. The summed E-state index contributed by atoms with van der Waals surface area (Å²) in [5.41, 5.74) is 1.03. The van der Waals surface area contributed by atoms with Crippen LogP contribution < -0.4 is 15.4 Å². The molecule has 0 saturated carbocycles. The monoisotopic (exact) mass is 349 g/mol. The van der Waals surface area contributed by atoms with E-state index in [0.29, 0.717) is 28.8 Å². The van der Waals surface area contributed by atoms with Gasteiger partial charge in [0.2, 0.25) is 0 Å². The predicted molar refractivity (Wildman–Crippen MR) is 94.2 cm³/mol. The zero-order valence-corrected chi connectivity index (χ0v) is 14.6. The van der Waals surface area contributed by atoms with Gasteiger partial charge in [-0.2, -0.15) is 0 Å². The van der Waals surface area contributed by atoms with Gasteiger partial charge in [-0.05, 0) is 32.3 Å². The van der Waals surface area contributed by atoms with Crippen molar-refractivity contribution in [2.75, 3.05) is 39.6 Å². The molecule has 0 aliphatic heterocycles. The van der Waals surface area contributed by atoms with Gasteiger partial charge < -0.3 is 20.3 Å². The van der Waals surface area contributed by atoms with E-state index in [-0.39, 0.29) is 5.91 Å². The number of rotatable bonds is 7. The molecule has 0 aliphatic rings. The Bertz CT molecular complexity index is 709. The van der Waals surface area contributed by atoms with Crippen LogP contribution in [0.15, 0.2) is 30.6 Å². The number of hydrogen-bond donors (Lipinski definition) is 2. The van der Waals surface area contributed by atoms with Crippen molar-refractivity contribution >= 4 is 29.0 Å². The molecule has 2 aromatic rings. The molecule has 24 heavy (non-hydrogen) atoms. The Hall–Kier alpha value is -2.38. The number of ether oxygens (including phenoxy) is 1. The van der Waals surface area contributed by atoms with Gasteiger partial charge in [0.25, 0.3) is 5.91 Å². The van der Waals surface area contributed by atoms with E-state index in [0.717, 1.165) is 12.2 Å². The molecule has 0 radical (unpaired) electrons. The summed E-state index contributed by atoms with van der Waals surface area (Å²) in [6, 6.07) is 6.87. The van der Waals surface area contributed by atoms with Crippen molar-refractivity contribution in [1.82, 2.24) is 20.2 Å². The first kappa shape index (κ1) is 18.0. The van der Waals surface area contributed by atoms with Crippen molar-refractivity contribution in [3.63, 3.8) is 0 Å². The van der Waals surface area contributed by atoms with Crippen LogP contribution in [0.1, 0.15) is 10.5 Å². The summed E-state index contributed by atoms with van der Waals surface area (Å²) in [6.07, 6.45) is 1.34. The maximum absolute atomic E-state index is 12.1. The fraction of sp³-hybridized carbons (Fsp3) is 0.312. The molecule has 7 nitrogen and oxygen atoms in total. The minimum atomic E-state index is -0.241. The molecule has 1 aromatic heterocycles. The van der Waals surface area contributed by atoms with E-state index in [1.807, 2.05) is 25.1 Å². The Balaban J connectivity index is 2.04. The highest BCUT2D eigenvalue weighted by Crippen LogP contribution is 2.28. The molecule has 0 unspecified atom stereocenters. The van der Waals surface area contributed by atoms with Crippen LogP contribution in [-0.2, 0) is 0 Å². The summed E-state index contributed by atoms with van der Waals surface area (Å²) in [5, 5.41) is 6.38. The van der Waals surface area contributed by atoms with Crippen LogP contribution >= 0.6 is 11.6 Å². The average molecular weight is 350 g/mol. The third-order valence-corrected chi connectivity index (χ3v) is 3.46. The molecule has 0 fully saturated rings. The Labute approximate surface area is 146 Å². The number of nitrogens with zero attached hydrogens (tertiary/aromatic N) is 3. The number of amides is 1. The molecule has 1 heterocycles. The van der Waals surface area contributed by atoms with Gasteiger partial charge >= 0.3 is 0 Å². The lowest BCUT2D eigenvalue weighted by Crippen LogP contribution is -2.31. The van der Waals surface area contributed by atoms with Crippen LogP contribution in [0.2, 0.25) is 5.02 Å². The second-order valence-corrected chi connectivity index (χ2v) is 5.73. The van der Waals surface area contributed by atoms with Crippen LogP contribution in [-0.4, -0.2) is 55.1 Å². The quantitative estimate of drug-likeness (QED) is 0.797. The Kier molecular flexibility index (Phi) is 6.34. The molecule has 0 bridgehead atoms. The van der Waals surface area contributed by atoms with Crippen LogP contribution in [0.5, 0.6) is 5.75 Å². The number of benzene rings is 1. The topological polar surface area (TPSA) is 79.4 Å². The van der Waals surface area contributed by atoms with E-state index in [9.17, 15) is 4.79 Å². The van der Waals surface area contributed by atoms with Gasteiger partial charge in [0.15, 0.2) is 0 Å². The third-order valence-electron chi connectivity index (χ3n) is 3.17. The first-order chi connectivity index (χ1) is 11.5. The molecule has 8 heteroatoms. The van der Waals surface area contributed by atoms with Crippen LogP contribution in [0, 0.1) is 0 Å². The fourth-order valence-corrected chi connectivity index (χ4v) is 2.18. The molecule has 128 valence electrons. The summed E-state index contributed by atoms with van der Waals surface area (Å²) in [7, 11) is 5.44. The Morgan fingerprint density at radius 2 is 2.08 bits per heavy atom. The third kappa shape index (κ3) is 5.07. The number of hydrogen-bond acceptors (Lipinski definition) is 6. The van der Waals surface area contributed by atoms with E-state index >= 15 is 0 Å². The SMILES string of the molecule is COc1ccc(Nc2cc(C(=O)NCCN(C)C)ncn2)cc1Cl. The average Bonchev–Trinajstić information content (AvgIpc) is 2.55. The van der Waals surface area contributed by atoms with E-state index < -0.39 is 0 Å². The highest BCUT2D eigenvalue weighted by molar-refractivity contribution is 6.32. The Morgan fingerprint density at radius 3 is 2.75 bits per heavy atom. The summed E-state index contributed by atoms with van der Waals surface area (Å²) in [6.45, 7) is 1.30. The van der Waals surface area contributed by atoms with Crippen LogP contribution in [0.25, 0.3) is 0 Å². The number of anilines is 2. The van der Waals surface area contributed by atoms with Gasteiger partial charge in [0, 0.05) is 24.8 Å². The molecule has 0 atom stereocenters. The van der Waals surface area contributed by atoms with Gasteiger partial charge in [-0.3, -0.25) is 4.79 Å². The highest BCUT2D eigenvalue weighted by Gasteiger charge is 2.09. The van der Waals surface area contributed by atoms with Gasteiger partial charge in [-0.1, -0.05) is 11.6 Å². The maximum atomic E-state index is 12.1. The van der Waals surface area contributed by atoms with Crippen LogP contribution in [0.4, 0.5) is 11.5 Å². The summed E-state index contributed by atoms with van der Waals surface area (Å²) in [4.78, 5) is 22.2. The zero-order valence-electron chi connectivity index (χ0n) is 13.8. The van der Waals surface area contributed by atoms with Gasteiger partial charge in [-0.15, -0.1) is 0 Å². The van der Waals surface area contributed by atoms with Gasteiger partial charge in [0.05, 0.1) is 12.1 Å². The van der Waals surface area contributed by atoms with Crippen molar-refractivity contribution in [3.8, 4) is 5.75 Å². The number of aromatic nitrogens is 2. The largest absolute Gasteiger partial charge is 0.495 e. The van der Waals surface area contributed by atoms with E-state index in [1.165, 1.54) is 6.33 Å². The molecule has 2 rings (SSSR count). The minimum absolute atomic E-state index is 0.241. The molecular formula is C16H20ClN5O2. The number of halogens is 1. The smallest absolute Gasteiger partial charge is 0.270 e. The van der Waals surface area contributed by atoms with E-state index in [2.05, 4.69) is 20.6 Å². The lowest BCUT2D eigenvalue weighted by Gasteiger charge is -2.11. The lowest BCUT2D eigenvalue weighted by atomic mass is 10.3. The molecule has 0 aliphatic carbocycles. The normalized spacial score (nSPS) is 10.5. The summed E-state index contributed by atoms with van der Waals surface area (Å²) in [5.74, 6) is 0.852. The summed E-state index contributed by atoms with van der Waals surface area (Å²) < 4.78 is 5.11. The fourth-order valence-electron chi connectivity index (χ4n) is 1.93. The van der Waals surface area contributed by atoms with Crippen molar-refractivity contribution in [2.24, 2.45) is 0 Å². The number of nitrogens with one attached hydrogen (secondary N) is 2. The van der Waals surface area contributed by atoms with Crippen molar-refractivity contribution in [1.29, 1.82) is 0 Å². The van der Waals surface area contributed by atoms with Crippen LogP contribution in [0.3, 0.4) is 0 Å². The second-order valence-electron chi connectivity index (χ2n) is 5.32. The first-order valence-electron chi connectivity index (χ1n) is 7.35. The Morgan fingerprint density at radius 1 is 1.29 bits per heavy atom. The second kappa shape index (κ2) is 8.47. The standard InChI is InChI=1S/C16H20ClN5O2/c1-22(2)7-6-18-16(23)13-9-15(20-10-19-13)21-11-4-5-14(24-3)12(17)8-11/h4-5,8-10H,6-7H2,1-3H3,(H,18,23)(H,19,20,21). The molecule has 0 spiro atoms. The van der Waals surface area contributed by atoms with E-state index in [1.54, 1.807) is 25.3 Å². The molecule has 0 saturated heterocycles. The van der Waals surface area contributed by atoms with Crippen molar-refractivity contribution in [2.45, 2.75) is 0 Å². The predicted octanol–water partition coefficient (Wildman–Crippen LogP) is 2.17. The number of carbonyl (C=O) groups excluding carboxylic acids is 1.